The number of hydrogen-bond donors (Lipinski definition) is 5. The quantitative estimate of drug-likeness (QED) is 0.221. The van der Waals surface area contributed by atoms with E-state index in [1.165, 1.54) is 0 Å². The summed E-state index contributed by atoms with van der Waals surface area (Å²) in [7, 11) is 0. The maximum atomic E-state index is 12.5. The Hall–Kier alpha value is -3.92. The Balaban J connectivity index is 0.000000367. The molecule has 2 aromatic heterocycles. The number of aryl methyl sites for hydroxylation is 2. The number of aliphatic hydroxyl groups is 1. The van der Waals surface area contributed by atoms with E-state index in [0.717, 1.165) is 40.3 Å². The van der Waals surface area contributed by atoms with Gasteiger partial charge in [0.25, 0.3) is 5.91 Å². The average molecular weight is 484 g/mol. The Morgan fingerprint density at radius 1 is 1.20 bits per heavy atom. The molecule has 0 fully saturated rings. The fourth-order valence-electron chi connectivity index (χ4n) is 3.19. The fraction of sp³-hybridized carbons (Fsp3) is 0.360. The molecule has 0 radical (unpaired) electrons. The van der Waals surface area contributed by atoms with Crippen molar-refractivity contribution in [2.75, 3.05) is 25.0 Å². The molecular weight excluding hydrogens is 450 g/mol. The summed E-state index contributed by atoms with van der Waals surface area (Å²) in [4.78, 5) is 40.4. The smallest absolute Gasteiger partial charge is 0.255 e. The molecule has 5 N–H and O–H groups in total. The third-order valence-electron chi connectivity index (χ3n) is 4.78. The number of pyridine rings is 1. The van der Waals surface area contributed by atoms with Gasteiger partial charge < -0.3 is 30.8 Å². The highest BCUT2D eigenvalue weighted by Crippen LogP contribution is 2.33. The van der Waals surface area contributed by atoms with Crippen LogP contribution in [0.1, 0.15) is 42.5 Å². The molecule has 2 heterocycles. The van der Waals surface area contributed by atoms with Gasteiger partial charge in [-0.1, -0.05) is 25.1 Å². The van der Waals surface area contributed by atoms with Crippen LogP contribution in [0.3, 0.4) is 0 Å². The number of nitrogens with zero attached hydrogens (tertiary/aromatic N) is 1. The first-order chi connectivity index (χ1) is 16.8. The topological polar surface area (TPSA) is 145 Å². The maximum absolute atomic E-state index is 12.5. The van der Waals surface area contributed by atoms with Crippen LogP contribution in [0.5, 0.6) is 5.75 Å². The molecule has 0 bridgehead atoms. The minimum atomic E-state index is -0.513. The molecule has 10 nitrogen and oxygen atoms in total. The number of aromatic nitrogens is 2. The predicted molar refractivity (Wildman–Crippen MR) is 135 cm³/mol. The molecule has 35 heavy (non-hydrogen) atoms. The zero-order valence-corrected chi connectivity index (χ0v) is 20.5. The summed E-state index contributed by atoms with van der Waals surface area (Å²) in [6.07, 6.45) is 1.33. The Bertz CT molecular complexity index is 1130. The number of anilines is 1. The van der Waals surface area contributed by atoms with Crippen LogP contribution in [0.15, 0.2) is 36.4 Å². The number of carbonyl (C=O) groups excluding carboxylic acids is 3. The lowest BCUT2D eigenvalue weighted by Gasteiger charge is -2.12. The Labute approximate surface area is 204 Å². The van der Waals surface area contributed by atoms with Crippen LogP contribution in [0, 0.1) is 6.92 Å². The number of ether oxygens (including phenoxy) is 1. The van der Waals surface area contributed by atoms with Crippen molar-refractivity contribution in [3.63, 3.8) is 0 Å². The number of amides is 3. The van der Waals surface area contributed by atoms with Crippen LogP contribution < -0.4 is 20.7 Å². The molecule has 0 spiro atoms. The van der Waals surface area contributed by atoms with Crippen molar-refractivity contribution in [2.24, 2.45) is 0 Å². The number of carbonyl (C=O) groups is 3. The minimum Gasteiger partial charge on any atom is -0.488 e. The Kier molecular flexibility index (Phi) is 10.7. The van der Waals surface area contributed by atoms with Gasteiger partial charge in [-0.3, -0.25) is 14.4 Å². The summed E-state index contributed by atoms with van der Waals surface area (Å²) >= 11 is 0. The van der Waals surface area contributed by atoms with Gasteiger partial charge in [-0.2, -0.15) is 0 Å². The first-order valence-corrected chi connectivity index (χ1v) is 11.4. The molecule has 0 atom stereocenters. The summed E-state index contributed by atoms with van der Waals surface area (Å²) in [5.41, 5.74) is 3.90. The Morgan fingerprint density at radius 3 is 2.51 bits per heavy atom. The van der Waals surface area contributed by atoms with Crippen molar-refractivity contribution in [2.45, 2.75) is 40.2 Å². The highest BCUT2D eigenvalue weighted by molar-refractivity contribution is 6.05. The summed E-state index contributed by atoms with van der Waals surface area (Å²) in [5, 5.41) is 16.8. The highest BCUT2D eigenvalue weighted by atomic mass is 16.5. The van der Waals surface area contributed by atoms with E-state index in [4.69, 9.17) is 9.84 Å². The second-order valence-corrected chi connectivity index (χ2v) is 7.88. The zero-order chi connectivity index (χ0) is 25.8. The van der Waals surface area contributed by atoms with Crippen LogP contribution in [0.25, 0.3) is 11.0 Å². The fourth-order valence-corrected chi connectivity index (χ4v) is 3.19. The summed E-state index contributed by atoms with van der Waals surface area (Å²) in [6.45, 7) is 8.18. The number of nitrogens with one attached hydrogen (secondary N) is 4. The van der Waals surface area contributed by atoms with Gasteiger partial charge in [-0.25, -0.2) is 4.98 Å². The average Bonchev–Trinajstić information content (AvgIpc) is 3.15. The molecule has 0 saturated carbocycles. The lowest BCUT2D eigenvalue weighted by molar-refractivity contribution is -0.123. The molecule has 188 valence electrons. The lowest BCUT2D eigenvalue weighted by Crippen LogP contribution is -2.32. The van der Waals surface area contributed by atoms with Gasteiger partial charge in [0, 0.05) is 18.7 Å². The summed E-state index contributed by atoms with van der Waals surface area (Å²) in [5.74, 6) is 0.207. The highest BCUT2D eigenvalue weighted by Gasteiger charge is 2.17. The van der Waals surface area contributed by atoms with E-state index in [0.29, 0.717) is 25.1 Å². The van der Waals surface area contributed by atoms with E-state index < -0.39 is 12.5 Å². The zero-order valence-electron chi connectivity index (χ0n) is 20.5. The number of rotatable bonds is 10. The van der Waals surface area contributed by atoms with E-state index in [1.807, 2.05) is 52.0 Å². The molecule has 0 unspecified atom stereocenters. The van der Waals surface area contributed by atoms with Gasteiger partial charge in [0.05, 0.1) is 28.6 Å². The number of fused-ring (bicyclic) bond motifs is 1. The van der Waals surface area contributed by atoms with Gasteiger partial charge in [-0.05, 0) is 45.4 Å². The van der Waals surface area contributed by atoms with Gasteiger partial charge >= 0.3 is 0 Å². The third-order valence-corrected chi connectivity index (χ3v) is 4.78. The van der Waals surface area contributed by atoms with Crippen LogP contribution >= 0.6 is 0 Å². The molecule has 0 saturated heterocycles. The third kappa shape index (κ3) is 8.11. The maximum Gasteiger partial charge on any atom is 0.255 e. The first kappa shape index (κ1) is 27.3. The van der Waals surface area contributed by atoms with Crippen LogP contribution in [-0.4, -0.2) is 59.1 Å². The van der Waals surface area contributed by atoms with E-state index in [1.54, 1.807) is 12.1 Å². The van der Waals surface area contributed by atoms with Gasteiger partial charge in [0.2, 0.25) is 12.3 Å². The first-order valence-electron chi connectivity index (χ1n) is 11.4. The molecule has 3 aromatic rings. The van der Waals surface area contributed by atoms with Crippen LogP contribution in [0.4, 0.5) is 5.69 Å². The number of hydrogen-bond acceptors (Lipinski definition) is 6. The Morgan fingerprint density at radius 2 is 1.91 bits per heavy atom. The van der Waals surface area contributed by atoms with Crippen molar-refractivity contribution in [1.29, 1.82) is 0 Å². The normalized spacial score (nSPS) is 10.3. The standard InChI is InChI=1S/C20H23N3O2.C5H10N2O3/c1-5-16-17(23-20(24)14-9-7-6-8-10-14)11-15-18(25-12(2)3)13(4)21-19(15)22-16;8-3-5(10)7-2-1-6-4-9/h6-12H,5H2,1-4H3,(H,21,22)(H,23,24);4,8H,1-3H2,(H,6,9)(H,7,10). The lowest BCUT2D eigenvalue weighted by atomic mass is 10.1. The molecule has 3 amide bonds. The SMILES string of the molecule is CCc1nc2[nH]c(C)c(OC(C)C)c2cc1NC(=O)c1ccccc1.O=CNCCNC(=O)CO. The molecule has 1 aromatic carbocycles. The van der Waals surface area contributed by atoms with E-state index >= 15 is 0 Å². The minimum absolute atomic E-state index is 0.0610. The predicted octanol–water partition coefficient (Wildman–Crippen LogP) is 2.31. The van der Waals surface area contributed by atoms with E-state index in [-0.39, 0.29) is 12.0 Å². The van der Waals surface area contributed by atoms with E-state index in [2.05, 4.69) is 25.9 Å². The second-order valence-electron chi connectivity index (χ2n) is 7.88. The monoisotopic (exact) mass is 483 g/mol. The van der Waals surface area contributed by atoms with Crippen LogP contribution in [-0.2, 0) is 16.0 Å². The van der Waals surface area contributed by atoms with E-state index in [9.17, 15) is 14.4 Å². The number of aromatic amines is 1. The summed E-state index contributed by atoms with van der Waals surface area (Å²) < 4.78 is 5.93. The van der Waals surface area contributed by atoms with Gasteiger partial charge in [0.15, 0.2) is 0 Å². The van der Waals surface area contributed by atoms with Crippen molar-refractivity contribution in [1.82, 2.24) is 20.6 Å². The molecule has 0 aliphatic heterocycles. The van der Waals surface area contributed by atoms with Crippen LogP contribution in [0.2, 0.25) is 0 Å². The van der Waals surface area contributed by atoms with Gasteiger partial charge in [-0.15, -0.1) is 0 Å². The molecular formula is C25H33N5O5. The van der Waals surface area contributed by atoms with Crippen molar-refractivity contribution in [3.05, 3.63) is 53.3 Å². The molecule has 0 aliphatic carbocycles. The van der Waals surface area contributed by atoms with Crippen molar-refractivity contribution >= 4 is 34.9 Å². The largest absolute Gasteiger partial charge is 0.488 e. The number of benzene rings is 1. The van der Waals surface area contributed by atoms with Gasteiger partial charge in [0.1, 0.15) is 18.0 Å². The molecule has 0 aliphatic rings. The second kappa shape index (κ2) is 13.7. The molecule has 10 heteroatoms. The molecule has 3 rings (SSSR count). The number of aliphatic hydroxyl groups excluding tert-OH is 1. The van der Waals surface area contributed by atoms with Crippen molar-refractivity contribution in [3.8, 4) is 5.75 Å². The van der Waals surface area contributed by atoms with Crippen molar-refractivity contribution < 1.29 is 24.2 Å². The number of H-pyrrole nitrogens is 1. The summed E-state index contributed by atoms with van der Waals surface area (Å²) in [6, 6.07) is 11.1.